The highest BCUT2D eigenvalue weighted by Crippen LogP contribution is 2.45. The minimum atomic E-state index is -0.318. The third-order valence-electron chi connectivity index (χ3n) is 5.23. The topological polar surface area (TPSA) is 67.0 Å². The molecular weight excluding hydrogens is 266 g/mol. The normalized spacial score (nSPS) is 28.0. The molecule has 0 saturated heterocycles. The second-order valence-corrected chi connectivity index (χ2v) is 6.38. The zero-order chi connectivity index (χ0) is 14.6. The smallest absolute Gasteiger partial charge is 0.248 e. The summed E-state index contributed by atoms with van der Waals surface area (Å²) in [5.41, 5.74) is 3.12. The first-order chi connectivity index (χ1) is 10.1. The minimum Gasteiger partial charge on any atom is -0.319 e. The molecule has 1 N–H and O–H groups in total. The largest absolute Gasteiger partial charge is 0.319 e. The molecule has 0 aliphatic heterocycles. The van der Waals surface area contributed by atoms with Gasteiger partial charge < -0.3 is 4.98 Å². The lowest BCUT2D eigenvalue weighted by Gasteiger charge is -2.38. The van der Waals surface area contributed by atoms with Crippen LogP contribution in [-0.4, -0.2) is 16.6 Å². The quantitative estimate of drug-likeness (QED) is 0.744. The van der Waals surface area contributed by atoms with Crippen molar-refractivity contribution in [2.24, 2.45) is 11.8 Å². The molecule has 4 heteroatoms. The van der Waals surface area contributed by atoms with Gasteiger partial charge in [0.05, 0.1) is 5.69 Å². The van der Waals surface area contributed by atoms with Gasteiger partial charge in [0, 0.05) is 23.5 Å². The second kappa shape index (κ2) is 4.52. The number of aromatic amines is 1. The van der Waals surface area contributed by atoms with Crippen molar-refractivity contribution in [3.8, 4) is 0 Å². The number of nitrogens with one attached hydrogen (secondary N) is 1. The fraction of sp³-hybridized carbons (Fsp3) is 0.471. The Labute approximate surface area is 122 Å². The van der Waals surface area contributed by atoms with E-state index in [0.29, 0.717) is 12.0 Å². The first kappa shape index (κ1) is 12.7. The van der Waals surface area contributed by atoms with E-state index in [1.807, 2.05) is 0 Å². The number of carbonyl (C=O) groups excluding carboxylic acids is 2. The molecule has 0 saturated carbocycles. The van der Waals surface area contributed by atoms with Gasteiger partial charge in [-0.15, -0.1) is 0 Å². The van der Waals surface area contributed by atoms with Crippen LogP contribution in [0.5, 0.6) is 0 Å². The molecule has 0 fully saturated rings. The summed E-state index contributed by atoms with van der Waals surface area (Å²) >= 11 is 0. The molecule has 4 rings (SSSR count). The lowest BCUT2D eigenvalue weighted by atomic mass is 9.65. The SMILES string of the molecule is O=C1c2[nH]c(=O)ccc2C(=O)[C@@H]2CC3=C(CCCC3)C[C@H]12. The maximum atomic E-state index is 12.7. The van der Waals surface area contributed by atoms with Gasteiger partial charge in [0.1, 0.15) is 0 Å². The van der Waals surface area contributed by atoms with Crippen LogP contribution in [0.15, 0.2) is 28.1 Å². The average Bonchev–Trinajstić information content (AvgIpc) is 2.51. The highest BCUT2D eigenvalue weighted by molar-refractivity contribution is 6.15. The Balaban J connectivity index is 1.80. The van der Waals surface area contributed by atoms with E-state index in [9.17, 15) is 14.4 Å². The molecule has 0 aromatic carbocycles. The summed E-state index contributed by atoms with van der Waals surface area (Å²) in [5, 5.41) is 0. The van der Waals surface area contributed by atoms with Crippen LogP contribution in [0, 0.1) is 11.8 Å². The molecule has 0 unspecified atom stereocenters. The van der Waals surface area contributed by atoms with E-state index in [1.165, 1.54) is 36.1 Å². The lowest BCUT2D eigenvalue weighted by molar-refractivity contribution is 0.0712. The Hall–Kier alpha value is -1.97. The van der Waals surface area contributed by atoms with Crippen molar-refractivity contribution < 1.29 is 9.59 Å². The van der Waals surface area contributed by atoms with E-state index in [0.717, 1.165) is 19.3 Å². The zero-order valence-electron chi connectivity index (χ0n) is 11.8. The Morgan fingerprint density at radius 3 is 2.14 bits per heavy atom. The molecule has 4 nitrogen and oxygen atoms in total. The minimum absolute atomic E-state index is 0.0305. The lowest BCUT2D eigenvalue weighted by Crippen LogP contribution is -2.41. The standard InChI is InChI=1S/C17H17NO3/c19-14-6-5-11-15(18-14)17(21)13-8-10-4-2-1-3-9(10)7-12(13)16(11)20/h5-6,12-13H,1-4,7-8H2,(H,18,19)/t12-,13+/m1/s1. The van der Waals surface area contributed by atoms with Crippen LogP contribution < -0.4 is 5.56 Å². The van der Waals surface area contributed by atoms with Crippen molar-refractivity contribution in [1.29, 1.82) is 0 Å². The Kier molecular flexibility index (Phi) is 2.74. The zero-order valence-corrected chi connectivity index (χ0v) is 11.8. The highest BCUT2D eigenvalue weighted by atomic mass is 16.1. The first-order valence-corrected chi connectivity index (χ1v) is 7.66. The van der Waals surface area contributed by atoms with E-state index in [-0.39, 0.29) is 34.7 Å². The number of fused-ring (bicyclic) bond motifs is 2. The van der Waals surface area contributed by atoms with Gasteiger partial charge in [-0.3, -0.25) is 14.4 Å². The molecule has 1 aromatic heterocycles. The summed E-state index contributed by atoms with van der Waals surface area (Å²) in [5.74, 6) is -0.500. The maximum Gasteiger partial charge on any atom is 0.248 e. The maximum absolute atomic E-state index is 12.7. The molecule has 108 valence electrons. The van der Waals surface area contributed by atoms with E-state index in [2.05, 4.69) is 4.98 Å². The highest BCUT2D eigenvalue weighted by Gasteiger charge is 2.45. The number of carbonyl (C=O) groups is 2. The predicted molar refractivity (Wildman–Crippen MR) is 77.4 cm³/mol. The van der Waals surface area contributed by atoms with Crippen LogP contribution in [0.3, 0.4) is 0 Å². The molecule has 0 bridgehead atoms. The van der Waals surface area contributed by atoms with Crippen molar-refractivity contribution in [2.45, 2.75) is 38.5 Å². The second-order valence-electron chi connectivity index (χ2n) is 6.38. The summed E-state index contributed by atoms with van der Waals surface area (Å²) in [4.78, 5) is 39.4. The molecule has 21 heavy (non-hydrogen) atoms. The van der Waals surface area contributed by atoms with Crippen LogP contribution in [0.1, 0.15) is 59.4 Å². The fourth-order valence-corrected chi connectivity index (χ4v) is 4.15. The van der Waals surface area contributed by atoms with E-state index in [4.69, 9.17) is 0 Å². The van der Waals surface area contributed by atoms with Gasteiger partial charge in [-0.2, -0.15) is 0 Å². The third kappa shape index (κ3) is 1.85. The van der Waals surface area contributed by atoms with E-state index in [1.54, 1.807) is 0 Å². The van der Waals surface area contributed by atoms with Crippen LogP contribution in [0.2, 0.25) is 0 Å². The van der Waals surface area contributed by atoms with Gasteiger partial charge in [0.25, 0.3) is 0 Å². The van der Waals surface area contributed by atoms with Crippen molar-refractivity contribution in [1.82, 2.24) is 4.98 Å². The number of rotatable bonds is 0. The monoisotopic (exact) mass is 283 g/mol. The number of Topliss-reactive ketones (excluding diaryl/α,β-unsaturated/α-hetero) is 2. The van der Waals surface area contributed by atoms with Crippen molar-refractivity contribution in [3.05, 3.63) is 44.9 Å². The van der Waals surface area contributed by atoms with Gasteiger partial charge in [0.2, 0.25) is 5.56 Å². The number of hydrogen-bond acceptors (Lipinski definition) is 3. The summed E-state index contributed by atoms with van der Waals surface area (Å²) in [6, 6.07) is 2.84. The van der Waals surface area contributed by atoms with Crippen LogP contribution in [-0.2, 0) is 0 Å². The van der Waals surface area contributed by atoms with E-state index >= 15 is 0 Å². The number of ketones is 2. The van der Waals surface area contributed by atoms with Gasteiger partial charge in [0.15, 0.2) is 11.6 Å². The van der Waals surface area contributed by atoms with Gasteiger partial charge in [-0.1, -0.05) is 11.1 Å². The Morgan fingerprint density at radius 2 is 1.48 bits per heavy atom. The number of H-pyrrole nitrogens is 1. The van der Waals surface area contributed by atoms with Crippen LogP contribution in [0.25, 0.3) is 0 Å². The molecule has 1 aromatic rings. The van der Waals surface area contributed by atoms with Crippen LogP contribution in [0.4, 0.5) is 0 Å². The number of hydrogen-bond donors (Lipinski definition) is 1. The molecular formula is C17H17NO3. The molecule has 1 heterocycles. The third-order valence-corrected chi connectivity index (χ3v) is 5.23. The number of pyridine rings is 1. The summed E-state index contributed by atoms with van der Waals surface area (Å²) in [6.07, 6.45) is 5.98. The number of allylic oxidation sites excluding steroid dienone is 2. The molecule has 3 aliphatic rings. The van der Waals surface area contributed by atoms with E-state index < -0.39 is 0 Å². The van der Waals surface area contributed by atoms with Gasteiger partial charge in [-0.05, 0) is 44.6 Å². The fourth-order valence-electron chi connectivity index (χ4n) is 4.15. The van der Waals surface area contributed by atoms with Gasteiger partial charge >= 0.3 is 0 Å². The molecule has 0 amide bonds. The predicted octanol–water partition coefficient (Wildman–Crippen LogP) is 2.65. The first-order valence-electron chi connectivity index (χ1n) is 7.66. The van der Waals surface area contributed by atoms with Crippen molar-refractivity contribution in [2.75, 3.05) is 0 Å². The van der Waals surface area contributed by atoms with Gasteiger partial charge in [-0.25, -0.2) is 0 Å². The summed E-state index contributed by atoms with van der Waals surface area (Å²) in [6.45, 7) is 0. The molecule has 3 aliphatic carbocycles. The van der Waals surface area contributed by atoms with Crippen molar-refractivity contribution in [3.63, 3.8) is 0 Å². The summed E-state index contributed by atoms with van der Waals surface area (Å²) < 4.78 is 0. The molecule has 0 radical (unpaired) electrons. The average molecular weight is 283 g/mol. The molecule has 0 spiro atoms. The molecule has 2 atom stereocenters. The Morgan fingerprint density at radius 1 is 0.857 bits per heavy atom. The Bertz CT molecular complexity index is 741. The number of aromatic nitrogens is 1. The van der Waals surface area contributed by atoms with Crippen molar-refractivity contribution >= 4 is 11.6 Å². The van der Waals surface area contributed by atoms with Crippen LogP contribution >= 0.6 is 0 Å². The summed E-state index contributed by atoms with van der Waals surface area (Å²) in [7, 11) is 0.